The zero-order valence-electron chi connectivity index (χ0n) is 13.1. The molecule has 0 amide bonds. The average molecular weight is 317 g/mol. The fourth-order valence-electron chi connectivity index (χ4n) is 3.00. The topological polar surface area (TPSA) is 112 Å². The molecule has 124 valence electrons. The number of anilines is 1. The normalized spacial score (nSPS) is 17.3. The molecule has 2 aliphatic heterocycles. The summed E-state index contributed by atoms with van der Waals surface area (Å²) in [4.78, 5) is 18.6. The van der Waals surface area contributed by atoms with Gasteiger partial charge in [-0.3, -0.25) is 15.1 Å². The van der Waals surface area contributed by atoms with Crippen molar-refractivity contribution in [1.82, 2.24) is 19.8 Å². The van der Waals surface area contributed by atoms with Crippen LogP contribution in [-0.4, -0.2) is 53.1 Å². The van der Waals surface area contributed by atoms with Crippen LogP contribution in [0.4, 0.5) is 5.95 Å². The van der Waals surface area contributed by atoms with E-state index in [4.69, 9.17) is 11.1 Å². The highest BCUT2D eigenvalue weighted by atomic mass is 16.1. The number of hydrogen-bond acceptors (Lipinski definition) is 5. The van der Waals surface area contributed by atoms with Crippen LogP contribution in [0.3, 0.4) is 0 Å². The van der Waals surface area contributed by atoms with E-state index in [0.717, 1.165) is 56.7 Å². The Labute approximate surface area is 134 Å². The van der Waals surface area contributed by atoms with Crippen LogP contribution in [0.15, 0.2) is 17.1 Å². The Hall–Kier alpha value is -2.35. The lowest BCUT2D eigenvalue weighted by Gasteiger charge is -2.26. The molecule has 3 rings (SSSR count). The molecule has 0 aromatic carbocycles. The maximum atomic E-state index is 12.2. The summed E-state index contributed by atoms with van der Waals surface area (Å²) in [5.74, 6) is 0.694. The number of nitrogens with zero attached hydrogens (tertiary/aromatic N) is 3. The minimum atomic E-state index is -0.143. The quantitative estimate of drug-likeness (QED) is 0.335. The summed E-state index contributed by atoms with van der Waals surface area (Å²) in [7, 11) is 0. The number of nitrogens with two attached hydrogens (primary N) is 1. The lowest BCUT2D eigenvalue weighted by molar-refractivity contribution is 0.298. The lowest BCUT2D eigenvalue weighted by Crippen LogP contribution is -2.35. The van der Waals surface area contributed by atoms with Crippen molar-refractivity contribution in [2.45, 2.75) is 19.4 Å². The molecule has 5 N–H and O–H groups in total. The van der Waals surface area contributed by atoms with E-state index in [1.807, 2.05) is 10.8 Å². The van der Waals surface area contributed by atoms with E-state index in [2.05, 4.69) is 26.6 Å². The van der Waals surface area contributed by atoms with Gasteiger partial charge >= 0.3 is 0 Å². The lowest BCUT2D eigenvalue weighted by atomic mass is 10.0. The molecule has 0 atom stereocenters. The summed E-state index contributed by atoms with van der Waals surface area (Å²) in [5, 5.41) is 13.0. The minimum absolute atomic E-state index is 0.0184. The summed E-state index contributed by atoms with van der Waals surface area (Å²) in [6.07, 6.45) is 5.87. The first-order valence-electron chi connectivity index (χ1n) is 7.98. The van der Waals surface area contributed by atoms with Crippen molar-refractivity contribution < 1.29 is 0 Å². The summed E-state index contributed by atoms with van der Waals surface area (Å²) in [6.45, 7) is 5.14. The SMILES string of the molecule is N=C(N)NCCCN1CC=C(c2cn3c(nc2=O)NCC3)CC1. The molecule has 3 heterocycles. The van der Waals surface area contributed by atoms with Crippen molar-refractivity contribution in [2.24, 2.45) is 5.73 Å². The van der Waals surface area contributed by atoms with Crippen LogP contribution in [0, 0.1) is 5.41 Å². The monoisotopic (exact) mass is 317 g/mol. The third-order valence-electron chi connectivity index (χ3n) is 4.24. The van der Waals surface area contributed by atoms with E-state index in [-0.39, 0.29) is 11.5 Å². The first kappa shape index (κ1) is 15.5. The first-order valence-corrected chi connectivity index (χ1v) is 7.98. The molecule has 0 saturated carbocycles. The molecule has 8 heteroatoms. The van der Waals surface area contributed by atoms with Gasteiger partial charge in [-0.1, -0.05) is 6.08 Å². The summed E-state index contributed by atoms with van der Waals surface area (Å²) in [6, 6.07) is 0. The molecule has 0 saturated heterocycles. The number of hydrogen-bond donors (Lipinski definition) is 4. The van der Waals surface area contributed by atoms with Gasteiger partial charge in [-0.05, 0) is 18.4 Å². The van der Waals surface area contributed by atoms with Crippen molar-refractivity contribution in [2.75, 3.05) is 38.0 Å². The van der Waals surface area contributed by atoms with Gasteiger partial charge in [-0.2, -0.15) is 4.98 Å². The van der Waals surface area contributed by atoms with Gasteiger partial charge in [0.05, 0.1) is 5.56 Å². The van der Waals surface area contributed by atoms with Crippen LogP contribution < -0.4 is 21.9 Å². The molecule has 8 nitrogen and oxygen atoms in total. The molecule has 0 fully saturated rings. The van der Waals surface area contributed by atoms with Crippen LogP contribution in [0.1, 0.15) is 18.4 Å². The van der Waals surface area contributed by atoms with E-state index < -0.39 is 0 Å². The fraction of sp³-hybridized carbons (Fsp3) is 0.533. The predicted molar refractivity (Wildman–Crippen MR) is 90.6 cm³/mol. The Kier molecular flexibility index (Phi) is 4.61. The van der Waals surface area contributed by atoms with Crippen molar-refractivity contribution in [3.63, 3.8) is 0 Å². The maximum Gasteiger partial charge on any atom is 0.281 e. The van der Waals surface area contributed by atoms with E-state index >= 15 is 0 Å². The Bertz CT molecular complexity index is 679. The molecule has 1 aromatic rings. The van der Waals surface area contributed by atoms with Crippen LogP contribution in [0.2, 0.25) is 0 Å². The van der Waals surface area contributed by atoms with Crippen LogP contribution in [0.25, 0.3) is 5.57 Å². The van der Waals surface area contributed by atoms with Gasteiger partial charge in [0.25, 0.3) is 5.56 Å². The third-order valence-corrected chi connectivity index (χ3v) is 4.24. The highest BCUT2D eigenvalue weighted by Crippen LogP contribution is 2.21. The minimum Gasteiger partial charge on any atom is -0.370 e. The molecule has 0 radical (unpaired) electrons. The highest BCUT2D eigenvalue weighted by molar-refractivity contribution is 5.74. The number of fused-ring (bicyclic) bond motifs is 1. The summed E-state index contributed by atoms with van der Waals surface area (Å²) < 4.78 is 2.01. The molecular weight excluding hydrogens is 294 g/mol. The van der Waals surface area contributed by atoms with E-state index in [9.17, 15) is 4.79 Å². The van der Waals surface area contributed by atoms with E-state index in [1.54, 1.807) is 0 Å². The Morgan fingerprint density at radius 3 is 3.09 bits per heavy atom. The number of aromatic nitrogens is 2. The zero-order chi connectivity index (χ0) is 16.2. The van der Waals surface area contributed by atoms with Crippen molar-refractivity contribution in [3.05, 3.63) is 28.2 Å². The van der Waals surface area contributed by atoms with E-state index in [1.165, 1.54) is 0 Å². The number of guanidine groups is 1. The highest BCUT2D eigenvalue weighted by Gasteiger charge is 2.18. The fourth-order valence-corrected chi connectivity index (χ4v) is 3.00. The van der Waals surface area contributed by atoms with Crippen molar-refractivity contribution >= 4 is 17.5 Å². The number of nitrogens with one attached hydrogen (secondary N) is 3. The van der Waals surface area contributed by atoms with Gasteiger partial charge in [0.1, 0.15) is 0 Å². The third kappa shape index (κ3) is 3.70. The van der Waals surface area contributed by atoms with Crippen LogP contribution >= 0.6 is 0 Å². The van der Waals surface area contributed by atoms with Gasteiger partial charge in [-0.15, -0.1) is 0 Å². The van der Waals surface area contributed by atoms with Gasteiger partial charge < -0.3 is 20.9 Å². The van der Waals surface area contributed by atoms with Gasteiger partial charge in [0, 0.05) is 45.5 Å². The van der Waals surface area contributed by atoms with Crippen molar-refractivity contribution in [1.29, 1.82) is 5.41 Å². The summed E-state index contributed by atoms with van der Waals surface area (Å²) in [5.41, 5.74) is 6.94. The second-order valence-corrected chi connectivity index (χ2v) is 5.88. The molecular formula is C15H23N7O. The Balaban J connectivity index is 1.59. The van der Waals surface area contributed by atoms with Gasteiger partial charge in [0.15, 0.2) is 5.96 Å². The molecule has 0 aliphatic carbocycles. The second-order valence-electron chi connectivity index (χ2n) is 5.88. The molecule has 0 bridgehead atoms. The van der Waals surface area contributed by atoms with Crippen LogP contribution in [-0.2, 0) is 6.54 Å². The molecule has 0 unspecified atom stereocenters. The summed E-state index contributed by atoms with van der Waals surface area (Å²) >= 11 is 0. The Morgan fingerprint density at radius 2 is 2.35 bits per heavy atom. The first-order chi connectivity index (χ1) is 11.1. The van der Waals surface area contributed by atoms with E-state index in [0.29, 0.717) is 12.5 Å². The Morgan fingerprint density at radius 1 is 1.48 bits per heavy atom. The van der Waals surface area contributed by atoms with Gasteiger partial charge in [-0.25, -0.2) is 0 Å². The maximum absolute atomic E-state index is 12.2. The number of rotatable bonds is 5. The molecule has 23 heavy (non-hydrogen) atoms. The van der Waals surface area contributed by atoms with Crippen LogP contribution in [0.5, 0.6) is 0 Å². The molecule has 0 spiro atoms. The predicted octanol–water partition coefficient (Wildman–Crippen LogP) is -0.369. The molecule has 2 aliphatic rings. The van der Waals surface area contributed by atoms with Crippen molar-refractivity contribution in [3.8, 4) is 0 Å². The van der Waals surface area contributed by atoms with Gasteiger partial charge in [0.2, 0.25) is 5.95 Å². The second kappa shape index (κ2) is 6.82. The average Bonchev–Trinajstić information content (AvgIpc) is 2.98. The zero-order valence-corrected chi connectivity index (χ0v) is 13.1. The smallest absolute Gasteiger partial charge is 0.281 e. The standard InChI is InChI=1S/C15H23N7O/c16-14(17)18-4-1-6-21-7-2-11(3-8-21)12-10-22-9-5-19-15(22)20-13(12)23/h2,10H,1,3-9H2,(H4,16,17,18)(H,19,20,23). The molecule has 1 aromatic heterocycles. The largest absolute Gasteiger partial charge is 0.370 e.